The Bertz CT molecular complexity index is 1040. The highest BCUT2D eigenvalue weighted by Crippen LogP contribution is 2.15. The van der Waals surface area contributed by atoms with Crippen LogP contribution in [0.25, 0.3) is 0 Å². The summed E-state index contributed by atoms with van der Waals surface area (Å²) in [5.41, 5.74) is 0. The highest BCUT2D eigenvalue weighted by Gasteiger charge is 2.19. The molecule has 0 aromatic carbocycles. The van der Waals surface area contributed by atoms with Crippen LogP contribution in [0.2, 0.25) is 0 Å². The van der Waals surface area contributed by atoms with E-state index in [1.165, 1.54) is 122 Å². The first-order chi connectivity index (χ1) is 29.0. The molecule has 6 heteroatoms. The second-order valence-electron chi connectivity index (χ2n) is 16.7. The maximum absolute atomic E-state index is 12.7. The van der Waals surface area contributed by atoms with Crippen LogP contribution in [0.4, 0.5) is 0 Å². The molecule has 0 bridgehead atoms. The molecule has 0 aromatic heterocycles. The molecule has 0 N–H and O–H groups in total. The number of carbonyl (C=O) groups is 3. The van der Waals surface area contributed by atoms with E-state index in [-0.39, 0.29) is 31.1 Å². The summed E-state index contributed by atoms with van der Waals surface area (Å²) in [6.07, 6.45) is 56.8. The van der Waals surface area contributed by atoms with E-state index in [2.05, 4.69) is 69.4 Å². The van der Waals surface area contributed by atoms with Gasteiger partial charge in [0, 0.05) is 19.3 Å². The number of rotatable bonds is 45. The zero-order chi connectivity index (χ0) is 43.0. The molecule has 1 unspecified atom stereocenters. The molecule has 0 aliphatic heterocycles. The maximum atomic E-state index is 12.7. The summed E-state index contributed by atoms with van der Waals surface area (Å²) in [7, 11) is 0. The Morgan fingerprint density at radius 3 is 1.03 bits per heavy atom. The summed E-state index contributed by atoms with van der Waals surface area (Å²) in [6, 6.07) is 0. The van der Waals surface area contributed by atoms with Crippen molar-refractivity contribution in [3.8, 4) is 0 Å². The fourth-order valence-corrected chi connectivity index (χ4v) is 7.08. The van der Waals surface area contributed by atoms with Crippen molar-refractivity contribution in [1.82, 2.24) is 0 Å². The minimum absolute atomic E-state index is 0.0730. The van der Waals surface area contributed by atoms with Gasteiger partial charge in [-0.3, -0.25) is 14.4 Å². The fourth-order valence-electron chi connectivity index (χ4n) is 7.08. The molecule has 0 amide bonds. The highest BCUT2D eigenvalue weighted by molar-refractivity contribution is 5.71. The largest absolute Gasteiger partial charge is 0.462 e. The minimum atomic E-state index is -0.769. The molecule has 342 valence electrons. The SMILES string of the molecule is CC/C=C\C/C=C\C/C=C\C/C=C\CCCCCCCCCCC(=O)OCC(COC(=O)CCCCCCCCC)OC(=O)CCCCCCCCCCCCCCC. The van der Waals surface area contributed by atoms with Gasteiger partial charge in [0.2, 0.25) is 0 Å². The van der Waals surface area contributed by atoms with E-state index in [0.29, 0.717) is 19.3 Å². The normalized spacial score (nSPS) is 12.4. The number of allylic oxidation sites excluding steroid dienone is 8. The molecule has 0 spiro atoms. The molecule has 0 rings (SSSR count). The van der Waals surface area contributed by atoms with Gasteiger partial charge in [0.25, 0.3) is 0 Å². The zero-order valence-electron chi connectivity index (χ0n) is 39.0. The molecule has 0 heterocycles. The topological polar surface area (TPSA) is 78.9 Å². The third-order valence-corrected chi connectivity index (χ3v) is 10.8. The lowest BCUT2D eigenvalue weighted by molar-refractivity contribution is -0.167. The van der Waals surface area contributed by atoms with Crippen molar-refractivity contribution in [1.29, 1.82) is 0 Å². The second kappa shape index (κ2) is 48.0. The predicted molar refractivity (Wildman–Crippen MR) is 252 cm³/mol. The summed E-state index contributed by atoms with van der Waals surface area (Å²) < 4.78 is 16.7. The molecule has 59 heavy (non-hydrogen) atoms. The van der Waals surface area contributed by atoms with E-state index in [1.807, 2.05) is 0 Å². The van der Waals surface area contributed by atoms with Gasteiger partial charge in [-0.25, -0.2) is 0 Å². The van der Waals surface area contributed by atoms with E-state index >= 15 is 0 Å². The molecule has 1 atom stereocenters. The number of ether oxygens (including phenoxy) is 3. The van der Waals surface area contributed by atoms with Gasteiger partial charge in [-0.15, -0.1) is 0 Å². The summed E-state index contributed by atoms with van der Waals surface area (Å²) in [6.45, 7) is 6.48. The van der Waals surface area contributed by atoms with Gasteiger partial charge < -0.3 is 14.2 Å². The Hall–Kier alpha value is -2.63. The molecule has 0 radical (unpaired) electrons. The molecule has 6 nitrogen and oxygen atoms in total. The zero-order valence-corrected chi connectivity index (χ0v) is 39.0. The standard InChI is InChI=1S/C53H94O6/c1-4-7-10-13-16-18-20-22-23-24-25-26-27-28-29-31-32-34-37-40-43-46-52(55)58-49-50(48-57-51(54)45-42-39-36-15-12-9-6-3)59-53(56)47-44-41-38-35-33-30-21-19-17-14-11-8-5-2/h7,10,16,18,22-23,25-26,50H,4-6,8-9,11-15,17,19-21,24,27-49H2,1-3H3/b10-7-,18-16-,23-22-,26-25-. The van der Waals surface area contributed by atoms with Crippen LogP contribution >= 0.6 is 0 Å². The van der Waals surface area contributed by atoms with E-state index in [0.717, 1.165) is 89.9 Å². The van der Waals surface area contributed by atoms with Gasteiger partial charge in [0.15, 0.2) is 6.10 Å². The van der Waals surface area contributed by atoms with Crippen LogP contribution in [0.5, 0.6) is 0 Å². The van der Waals surface area contributed by atoms with Gasteiger partial charge in [-0.05, 0) is 57.8 Å². The average molecular weight is 827 g/mol. The summed E-state index contributed by atoms with van der Waals surface area (Å²) >= 11 is 0. The lowest BCUT2D eigenvalue weighted by Crippen LogP contribution is -2.30. The van der Waals surface area contributed by atoms with Crippen molar-refractivity contribution < 1.29 is 28.6 Å². The molecule has 0 aromatic rings. The molecule has 0 fully saturated rings. The molecule has 0 saturated heterocycles. The lowest BCUT2D eigenvalue weighted by atomic mass is 10.0. The molecule has 0 aliphatic rings. The van der Waals surface area contributed by atoms with Gasteiger partial charge in [-0.1, -0.05) is 223 Å². The highest BCUT2D eigenvalue weighted by atomic mass is 16.6. The summed E-state index contributed by atoms with van der Waals surface area (Å²) in [5, 5.41) is 0. The van der Waals surface area contributed by atoms with Crippen LogP contribution < -0.4 is 0 Å². The van der Waals surface area contributed by atoms with Crippen LogP contribution in [-0.4, -0.2) is 37.2 Å². The number of esters is 3. The fraction of sp³-hybridized carbons (Fsp3) is 0.792. The van der Waals surface area contributed by atoms with Gasteiger partial charge in [0.1, 0.15) is 13.2 Å². The number of hydrogen-bond donors (Lipinski definition) is 0. The van der Waals surface area contributed by atoms with Crippen molar-refractivity contribution >= 4 is 17.9 Å². The van der Waals surface area contributed by atoms with Crippen LogP contribution in [0.3, 0.4) is 0 Å². The first-order valence-corrected chi connectivity index (χ1v) is 25.1. The van der Waals surface area contributed by atoms with E-state index in [9.17, 15) is 14.4 Å². The Balaban J connectivity index is 4.22. The van der Waals surface area contributed by atoms with Crippen molar-refractivity contribution in [2.24, 2.45) is 0 Å². The van der Waals surface area contributed by atoms with Crippen LogP contribution in [0, 0.1) is 0 Å². The third kappa shape index (κ3) is 46.3. The third-order valence-electron chi connectivity index (χ3n) is 10.8. The quantitative estimate of drug-likeness (QED) is 0.0263. The first kappa shape index (κ1) is 56.4. The van der Waals surface area contributed by atoms with Crippen molar-refractivity contribution in [3.63, 3.8) is 0 Å². The number of unbranched alkanes of at least 4 members (excludes halogenated alkanes) is 26. The van der Waals surface area contributed by atoms with E-state index < -0.39 is 6.10 Å². The van der Waals surface area contributed by atoms with Crippen LogP contribution in [0.1, 0.15) is 252 Å². The number of hydrogen-bond acceptors (Lipinski definition) is 6. The van der Waals surface area contributed by atoms with Crippen molar-refractivity contribution in [2.45, 2.75) is 258 Å². The van der Waals surface area contributed by atoms with E-state index in [1.54, 1.807) is 0 Å². The Labute approximate surface area is 365 Å². The smallest absolute Gasteiger partial charge is 0.306 e. The second-order valence-corrected chi connectivity index (χ2v) is 16.7. The molecular weight excluding hydrogens is 733 g/mol. The Morgan fingerprint density at radius 1 is 0.356 bits per heavy atom. The first-order valence-electron chi connectivity index (χ1n) is 25.1. The molecular formula is C53H94O6. The van der Waals surface area contributed by atoms with E-state index in [4.69, 9.17) is 14.2 Å². The predicted octanol–water partition coefficient (Wildman–Crippen LogP) is 16.3. The van der Waals surface area contributed by atoms with Crippen molar-refractivity contribution in [3.05, 3.63) is 48.6 Å². The summed E-state index contributed by atoms with van der Waals surface area (Å²) in [4.78, 5) is 37.7. The molecule has 0 aliphatic carbocycles. The number of carbonyl (C=O) groups excluding carboxylic acids is 3. The maximum Gasteiger partial charge on any atom is 0.306 e. The lowest BCUT2D eigenvalue weighted by Gasteiger charge is -2.18. The average Bonchev–Trinajstić information content (AvgIpc) is 3.23. The summed E-state index contributed by atoms with van der Waals surface area (Å²) in [5.74, 6) is -0.881. The van der Waals surface area contributed by atoms with Gasteiger partial charge in [-0.2, -0.15) is 0 Å². The minimum Gasteiger partial charge on any atom is -0.462 e. The monoisotopic (exact) mass is 827 g/mol. The molecule has 0 saturated carbocycles. The van der Waals surface area contributed by atoms with Crippen molar-refractivity contribution in [2.75, 3.05) is 13.2 Å². The Kier molecular flexibility index (Phi) is 45.9. The van der Waals surface area contributed by atoms with Crippen LogP contribution in [-0.2, 0) is 28.6 Å². The Morgan fingerprint density at radius 2 is 0.661 bits per heavy atom. The van der Waals surface area contributed by atoms with Gasteiger partial charge >= 0.3 is 17.9 Å². The van der Waals surface area contributed by atoms with Gasteiger partial charge in [0.05, 0.1) is 0 Å². The van der Waals surface area contributed by atoms with Crippen LogP contribution in [0.15, 0.2) is 48.6 Å².